The minimum absolute atomic E-state index is 0.00186. The molecule has 25 heavy (non-hydrogen) atoms. The number of anilines is 2. The fourth-order valence-electron chi connectivity index (χ4n) is 2.74. The van der Waals surface area contributed by atoms with Crippen molar-refractivity contribution in [2.45, 2.75) is 17.7 Å². The lowest BCUT2D eigenvalue weighted by Crippen LogP contribution is -2.24. The molecule has 1 amide bonds. The van der Waals surface area contributed by atoms with E-state index in [1.807, 2.05) is 0 Å². The first-order valence-electron chi connectivity index (χ1n) is 7.68. The van der Waals surface area contributed by atoms with Crippen molar-refractivity contribution in [3.8, 4) is 5.75 Å². The number of nitrogens with zero attached hydrogens (tertiary/aromatic N) is 1. The SMILES string of the molecule is COc1cc(NS(=O)(=O)c2ccccc2F)ccc1N1CCCC1=O. The Morgan fingerprint density at radius 3 is 2.60 bits per heavy atom. The number of hydrogen-bond donors (Lipinski definition) is 1. The van der Waals surface area contributed by atoms with Crippen molar-refractivity contribution < 1.29 is 22.3 Å². The second kappa shape index (κ2) is 6.72. The lowest BCUT2D eigenvalue weighted by atomic mass is 10.2. The van der Waals surface area contributed by atoms with Crippen molar-refractivity contribution in [2.75, 3.05) is 23.3 Å². The maximum atomic E-state index is 13.8. The summed E-state index contributed by atoms with van der Waals surface area (Å²) in [5.74, 6) is -0.469. The zero-order valence-electron chi connectivity index (χ0n) is 13.5. The number of rotatable bonds is 5. The Hall–Kier alpha value is -2.61. The largest absolute Gasteiger partial charge is 0.494 e. The lowest BCUT2D eigenvalue weighted by molar-refractivity contribution is -0.117. The number of benzene rings is 2. The summed E-state index contributed by atoms with van der Waals surface area (Å²) >= 11 is 0. The molecule has 0 unspecified atom stereocenters. The molecule has 0 bridgehead atoms. The van der Waals surface area contributed by atoms with Crippen LogP contribution in [0.15, 0.2) is 47.4 Å². The molecule has 1 N–H and O–H groups in total. The highest BCUT2D eigenvalue weighted by Gasteiger charge is 2.25. The summed E-state index contributed by atoms with van der Waals surface area (Å²) < 4.78 is 46.1. The Labute approximate surface area is 145 Å². The fourth-order valence-corrected chi connectivity index (χ4v) is 3.87. The van der Waals surface area contributed by atoms with E-state index < -0.39 is 20.7 Å². The molecule has 0 saturated carbocycles. The third kappa shape index (κ3) is 3.43. The van der Waals surface area contributed by atoms with Crippen molar-refractivity contribution in [3.05, 3.63) is 48.3 Å². The molecule has 1 saturated heterocycles. The van der Waals surface area contributed by atoms with Crippen LogP contribution in [-0.2, 0) is 14.8 Å². The first kappa shape index (κ1) is 17.2. The van der Waals surface area contributed by atoms with E-state index in [0.29, 0.717) is 24.4 Å². The minimum Gasteiger partial charge on any atom is -0.494 e. The molecule has 0 aromatic heterocycles. The van der Waals surface area contributed by atoms with Gasteiger partial charge in [-0.25, -0.2) is 12.8 Å². The van der Waals surface area contributed by atoms with E-state index in [4.69, 9.17) is 4.74 Å². The highest BCUT2D eigenvalue weighted by Crippen LogP contribution is 2.34. The topological polar surface area (TPSA) is 75.7 Å². The number of methoxy groups -OCH3 is 1. The van der Waals surface area contributed by atoms with E-state index in [1.165, 1.54) is 37.4 Å². The Morgan fingerprint density at radius 2 is 1.96 bits per heavy atom. The third-order valence-electron chi connectivity index (χ3n) is 3.92. The van der Waals surface area contributed by atoms with Gasteiger partial charge in [0.25, 0.3) is 10.0 Å². The molecule has 2 aromatic carbocycles. The molecule has 132 valence electrons. The molecule has 1 aliphatic heterocycles. The van der Waals surface area contributed by atoms with Crippen molar-refractivity contribution in [1.29, 1.82) is 0 Å². The number of amides is 1. The highest BCUT2D eigenvalue weighted by molar-refractivity contribution is 7.92. The second-order valence-corrected chi connectivity index (χ2v) is 7.22. The van der Waals surface area contributed by atoms with Gasteiger partial charge in [-0.1, -0.05) is 12.1 Å². The molecule has 1 fully saturated rings. The molecule has 6 nitrogen and oxygen atoms in total. The number of ether oxygens (including phenoxy) is 1. The average Bonchev–Trinajstić information content (AvgIpc) is 3.00. The number of carbonyl (C=O) groups excluding carboxylic acids is 1. The maximum absolute atomic E-state index is 13.8. The van der Waals surface area contributed by atoms with Gasteiger partial charge in [-0.05, 0) is 30.7 Å². The van der Waals surface area contributed by atoms with E-state index in [-0.39, 0.29) is 11.6 Å². The Bertz CT molecular complexity index is 915. The van der Waals surface area contributed by atoms with Gasteiger partial charge >= 0.3 is 0 Å². The molecule has 1 aliphatic rings. The van der Waals surface area contributed by atoms with Crippen molar-refractivity contribution in [2.24, 2.45) is 0 Å². The van der Waals surface area contributed by atoms with Crippen LogP contribution in [0.3, 0.4) is 0 Å². The summed E-state index contributed by atoms with van der Waals surface area (Å²) in [5.41, 5.74) is 0.800. The van der Waals surface area contributed by atoms with E-state index >= 15 is 0 Å². The molecule has 0 aliphatic carbocycles. The number of halogens is 1. The van der Waals surface area contributed by atoms with Crippen LogP contribution < -0.4 is 14.4 Å². The second-order valence-electron chi connectivity index (χ2n) is 5.57. The number of sulfonamides is 1. The summed E-state index contributed by atoms with van der Waals surface area (Å²) in [6.07, 6.45) is 1.24. The van der Waals surface area contributed by atoms with Gasteiger partial charge in [-0.3, -0.25) is 9.52 Å². The average molecular weight is 364 g/mol. The van der Waals surface area contributed by atoms with Gasteiger partial charge in [-0.15, -0.1) is 0 Å². The Balaban J connectivity index is 1.91. The van der Waals surface area contributed by atoms with Crippen molar-refractivity contribution >= 4 is 27.3 Å². The molecule has 8 heteroatoms. The van der Waals surface area contributed by atoms with Crippen LogP contribution in [0.2, 0.25) is 0 Å². The molecule has 0 radical (unpaired) electrons. The summed E-state index contributed by atoms with van der Waals surface area (Å²) in [4.78, 5) is 13.1. The molecule has 3 rings (SSSR count). The Morgan fingerprint density at radius 1 is 1.20 bits per heavy atom. The van der Waals surface area contributed by atoms with Gasteiger partial charge in [0.1, 0.15) is 16.5 Å². The van der Waals surface area contributed by atoms with Gasteiger partial charge in [0.15, 0.2) is 0 Å². The molecule has 0 spiro atoms. The van der Waals surface area contributed by atoms with E-state index in [2.05, 4.69) is 4.72 Å². The van der Waals surface area contributed by atoms with Gasteiger partial charge in [0.2, 0.25) is 5.91 Å². The highest BCUT2D eigenvalue weighted by atomic mass is 32.2. The first-order chi connectivity index (χ1) is 11.9. The monoisotopic (exact) mass is 364 g/mol. The van der Waals surface area contributed by atoms with Crippen LogP contribution in [0.5, 0.6) is 5.75 Å². The zero-order chi connectivity index (χ0) is 18.0. The normalized spacial score (nSPS) is 14.6. The lowest BCUT2D eigenvalue weighted by Gasteiger charge is -2.20. The minimum atomic E-state index is -4.07. The third-order valence-corrected chi connectivity index (χ3v) is 5.34. The number of hydrogen-bond acceptors (Lipinski definition) is 4. The van der Waals surface area contributed by atoms with Crippen LogP contribution in [0.4, 0.5) is 15.8 Å². The Kier molecular flexibility index (Phi) is 4.63. The fraction of sp³-hybridized carbons (Fsp3) is 0.235. The predicted octanol–water partition coefficient (Wildman–Crippen LogP) is 2.76. The summed E-state index contributed by atoms with van der Waals surface area (Å²) in [6, 6.07) is 9.73. The van der Waals surface area contributed by atoms with Crippen molar-refractivity contribution in [3.63, 3.8) is 0 Å². The number of nitrogens with one attached hydrogen (secondary N) is 1. The molecule has 0 atom stereocenters. The molecule has 2 aromatic rings. The number of carbonyl (C=O) groups is 1. The quantitative estimate of drug-likeness (QED) is 0.885. The molecular weight excluding hydrogens is 347 g/mol. The summed E-state index contributed by atoms with van der Waals surface area (Å²) in [7, 11) is -2.63. The zero-order valence-corrected chi connectivity index (χ0v) is 14.3. The van der Waals surface area contributed by atoms with E-state index in [0.717, 1.165) is 12.5 Å². The van der Waals surface area contributed by atoms with Crippen LogP contribution in [0.25, 0.3) is 0 Å². The van der Waals surface area contributed by atoms with Crippen LogP contribution in [-0.4, -0.2) is 28.0 Å². The standard InChI is InChI=1S/C17H17FN2O4S/c1-24-15-11-12(8-9-14(15)20-10-4-7-17(20)21)19-25(22,23)16-6-3-2-5-13(16)18/h2-3,5-6,8-9,11,19H,4,7,10H2,1H3. The van der Waals surface area contributed by atoms with E-state index in [9.17, 15) is 17.6 Å². The summed E-state index contributed by atoms with van der Waals surface area (Å²) in [6.45, 7) is 0.593. The van der Waals surface area contributed by atoms with Gasteiger partial charge in [-0.2, -0.15) is 0 Å². The van der Waals surface area contributed by atoms with Gasteiger partial charge in [0.05, 0.1) is 18.5 Å². The molecule has 1 heterocycles. The van der Waals surface area contributed by atoms with Crippen LogP contribution >= 0.6 is 0 Å². The van der Waals surface area contributed by atoms with Gasteiger partial charge in [0, 0.05) is 19.0 Å². The van der Waals surface area contributed by atoms with E-state index in [1.54, 1.807) is 11.0 Å². The van der Waals surface area contributed by atoms with Gasteiger partial charge < -0.3 is 9.64 Å². The smallest absolute Gasteiger partial charge is 0.264 e. The van der Waals surface area contributed by atoms with Crippen LogP contribution in [0.1, 0.15) is 12.8 Å². The molecular formula is C17H17FN2O4S. The van der Waals surface area contributed by atoms with Crippen LogP contribution in [0, 0.1) is 5.82 Å². The predicted molar refractivity (Wildman–Crippen MR) is 91.8 cm³/mol. The first-order valence-corrected chi connectivity index (χ1v) is 9.16. The maximum Gasteiger partial charge on any atom is 0.264 e. The van der Waals surface area contributed by atoms with Crippen molar-refractivity contribution in [1.82, 2.24) is 0 Å². The summed E-state index contributed by atoms with van der Waals surface area (Å²) in [5, 5.41) is 0.